The summed E-state index contributed by atoms with van der Waals surface area (Å²) in [5.74, 6) is 0.722. The number of benzene rings is 2. The maximum Gasteiger partial charge on any atom is 0.319 e. The van der Waals surface area contributed by atoms with Crippen LogP contribution in [0.15, 0.2) is 49.1 Å². The number of fused-ring (bicyclic) bond motifs is 2. The zero-order chi connectivity index (χ0) is 31.0. The first kappa shape index (κ1) is 29.9. The fraction of sp³-hybridized carbons (Fsp3) is 0.471. The van der Waals surface area contributed by atoms with E-state index in [4.69, 9.17) is 14.7 Å². The number of hydrogen-bond acceptors (Lipinski definition) is 9. The first-order chi connectivity index (χ1) is 21.3. The Hall–Kier alpha value is -4.20. The molecule has 1 aromatic heterocycles. The number of ether oxygens (including phenoxy) is 1. The molecule has 3 atom stereocenters. The molecule has 0 bridgehead atoms. The van der Waals surface area contributed by atoms with Crippen LogP contribution in [-0.4, -0.2) is 109 Å². The van der Waals surface area contributed by atoms with E-state index in [9.17, 15) is 10.1 Å². The minimum atomic E-state index is -0.241. The summed E-state index contributed by atoms with van der Waals surface area (Å²) >= 11 is 0. The van der Waals surface area contributed by atoms with Crippen molar-refractivity contribution in [3.05, 3.63) is 65.9 Å². The lowest BCUT2D eigenvalue weighted by atomic mass is 9.99. The molecule has 10 heteroatoms. The Morgan fingerprint density at radius 3 is 2.66 bits per heavy atom. The molecule has 6 rings (SSSR count). The quantitative estimate of drug-likeness (QED) is 0.383. The minimum absolute atomic E-state index is 0.0605. The van der Waals surface area contributed by atoms with E-state index in [0.29, 0.717) is 32.2 Å². The van der Waals surface area contributed by atoms with Crippen LogP contribution in [0, 0.1) is 18.3 Å². The molecule has 10 nitrogen and oxygen atoms in total. The van der Waals surface area contributed by atoms with E-state index in [-0.39, 0.29) is 30.5 Å². The molecular formula is C34H42N8O2. The van der Waals surface area contributed by atoms with E-state index in [2.05, 4.69) is 96.7 Å². The van der Waals surface area contributed by atoms with Crippen molar-refractivity contribution in [1.29, 1.82) is 5.26 Å². The average Bonchev–Trinajstić information content (AvgIpc) is 3.40. The van der Waals surface area contributed by atoms with E-state index in [1.165, 1.54) is 28.1 Å². The zero-order valence-electron chi connectivity index (χ0n) is 26.2. The highest BCUT2D eigenvalue weighted by atomic mass is 16.5. The summed E-state index contributed by atoms with van der Waals surface area (Å²) in [7, 11) is 6.29. The fourth-order valence-corrected chi connectivity index (χ4v) is 7.10. The highest BCUT2D eigenvalue weighted by Crippen LogP contribution is 2.36. The van der Waals surface area contributed by atoms with Gasteiger partial charge in [-0.05, 0) is 57.6 Å². The fourth-order valence-electron chi connectivity index (χ4n) is 7.10. The molecule has 3 aliphatic rings. The third kappa shape index (κ3) is 5.70. The Balaban J connectivity index is 1.38. The molecule has 2 saturated heterocycles. The van der Waals surface area contributed by atoms with Crippen LogP contribution in [0.1, 0.15) is 23.2 Å². The Morgan fingerprint density at radius 2 is 1.91 bits per heavy atom. The van der Waals surface area contributed by atoms with Crippen LogP contribution in [0.3, 0.4) is 0 Å². The predicted molar refractivity (Wildman–Crippen MR) is 173 cm³/mol. The van der Waals surface area contributed by atoms with Gasteiger partial charge in [0.25, 0.3) is 0 Å². The molecule has 0 saturated carbocycles. The van der Waals surface area contributed by atoms with Crippen molar-refractivity contribution in [2.45, 2.75) is 44.5 Å². The van der Waals surface area contributed by atoms with Crippen molar-refractivity contribution in [2.75, 3.05) is 70.2 Å². The third-order valence-electron chi connectivity index (χ3n) is 9.36. The number of anilines is 2. The number of amides is 1. The summed E-state index contributed by atoms with van der Waals surface area (Å²) in [5.41, 5.74) is 4.56. The summed E-state index contributed by atoms with van der Waals surface area (Å²) in [4.78, 5) is 33.6. The molecule has 3 aromatic rings. The lowest BCUT2D eigenvalue weighted by molar-refractivity contribution is -0.128. The van der Waals surface area contributed by atoms with Gasteiger partial charge in [-0.15, -0.1) is 0 Å². The van der Waals surface area contributed by atoms with E-state index < -0.39 is 0 Å². The number of likely N-dealkylation sites (tertiary alicyclic amines) is 1. The number of likely N-dealkylation sites (N-methyl/N-ethyl adjacent to an activating group) is 2. The highest BCUT2D eigenvalue weighted by Gasteiger charge is 2.37. The van der Waals surface area contributed by atoms with Crippen LogP contribution < -0.4 is 14.5 Å². The van der Waals surface area contributed by atoms with Gasteiger partial charge in [0.05, 0.1) is 36.8 Å². The number of nitriles is 1. The second-order valence-electron chi connectivity index (χ2n) is 12.5. The molecule has 0 spiro atoms. The lowest BCUT2D eigenvalue weighted by Crippen LogP contribution is -2.55. The monoisotopic (exact) mass is 594 g/mol. The molecule has 2 aromatic carbocycles. The summed E-state index contributed by atoms with van der Waals surface area (Å²) in [6.07, 6.45) is 2.31. The van der Waals surface area contributed by atoms with Crippen molar-refractivity contribution >= 4 is 28.2 Å². The Kier molecular flexibility index (Phi) is 8.43. The van der Waals surface area contributed by atoms with Gasteiger partial charge < -0.3 is 29.2 Å². The Morgan fingerprint density at radius 1 is 1.11 bits per heavy atom. The van der Waals surface area contributed by atoms with Crippen LogP contribution in [-0.2, 0) is 17.8 Å². The minimum Gasteiger partial charge on any atom is -0.457 e. The second-order valence-corrected chi connectivity index (χ2v) is 12.5. The van der Waals surface area contributed by atoms with Crippen molar-refractivity contribution in [3.63, 3.8) is 0 Å². The van der Waals surface area contributed by atoms with E-state index in [0.717, 1.165) is 43.1 Å². The highest BCUT2D eigenvalue weighted by molar-refractivity contribution is 5.97. The van der Waals surface area contributed by atoms with Gasteiger partial charge in [-0.25, -0.2) is 0 Å². The van der Waals surface area contributed by atoms with Gasteiger partial charge in [-0.3, -0.25) is 4.79 Å². The molecule has 0 aliphatic carbocycles. The molecule has 3 aliphatic heterocycles. The molecule has 4 heterocycles. The maximum atomic E-state index is 12.6. The van der Waals surface area contributed by atoms with Gasteiger partial charge in [0, 0.05) is 55.9 Å². The first-order valence-corrected chi connectivity index (χ1v) is 15.5. The largest absolute Gasteiger partial charge is 0.457 e. The number of nitrogens with zero attached hydrogens (tertiary/aromatic N) is 8. The second kappa shape index (κ2) is 12.4. The summed E-state index contributed by atoms with van der Waals surface area (Å²) in [6, 6.07) is 15.6. The number of rotatable bonds is 7. The van der Waals surface area contributed by atoms with Gasteiger partial charge >= 0.3 is 6.01 Å². The van der Waals surface area contributed by atoms with E-state index in [1.54, 1.807) is 4.90 Å². The molecule has 2 fully saturated rings. The molecule has 0 N–H and O–H groups in total. The average molecular weight is 595 g/mol. The molecule has 0 radical (unpaired) electrons. The van der Waals surface area contributed by atoms with E-state index in [1.807, 2.05) is 0 Å². The van der Waals surface area contributed by atoms with Gasteiger partial charge in [0.15, 0.2) is 0 Å². The predicted octanol–water partition coefficient (Wildman–Crippen LogP) is 3.24. The van der Waals surface area contributed by atoms with Gasteiger partial charge in [0.2, 0.25) is 5.91 Å². The molecule has 44 heavy (non-hydrogen) atoms. The summed E-state index contributed by atoms with van der Waals surface area (Å²) in [6.45, 7) is 10.7. The van der Waals surface area contributed by atoms with Crippen molar-refractivity contribution in [1.82, 2.24) is 24.7 Å². The number of aryl methyl sites for hydroxylation is 1. The van der Waals surface area contributed by atoms with Crippen LogP contribution in [0.5, 0.6) is 6.01 Å². The number of carbonyl (C=O) groups is 1. The van der Waals surface area contributed by atoms with Crippen LogP contribution in [0.4, 0.5) is 11.5 Å². The molecule has 230 valence electrons. The lowest BCUT2D eigenvalue weighted by Gasteiger charge is -2.42. The SMILES string of the molecule is C=CC(=O)N1CCN(c2nc(O[C@H]3CN(C)C[C@@H]3N(C)C)nc3c2CCN(c2cccc4cccc(C)c24)C3)C[C@@H]1CC#N. The normalized spacial score (nSPS) is 22.3. The van der Waals surface area contributed by atoms with Crippen LogP contribution in [0.25, 0.3) is 10.8 Å². The first-order valence-electron chi connectivity index (χ1n) is 15.5. The standard InChI is InChI=1S/C34H42N8O2/c1-6-31(43)42-18-17-41(19-25(42)13-15-35)33-26-14-16-40(28-12-8-11-24-10-7-9-23(2)32(24)28)20-27(26)36-34(37-33)44-30-22-39(5)21-29(30)38(3)4/h6-12,25,29-30H,1,13-14,16-22H2,2-5H3/t25-,29-,30-/m0/s1. The summed E-state index contributed by atoms with van der Waals surface area (Å²) < 4.78 is 6.62. The topological polar surface area (TPSA) is 92.1 Å². The summed E-state index contributed by atoms with van der Waals surface area (Å²) in [5, 5.41) is 12.1. The number of carbonyl (C=O) groups excluding carboxylic acids is 1. The van der Waals surface area contributed by atoms with Gasteiger partial charge in [-0.2, -0.15) is 15.2 Å². The van der Waals surface area contributed by atoms with Gasteiger partial charge in [0.1, 0.15) is 11.9 Å². The molecule has 0 unspecified atom stereocenters. The third-order valence-corrected chi connectivity index (χ3v) is 9.36. The van der Waals surface area contributed by atoms with Crippen LogP contribution in [0.2, 0.25) is 0 Å². The smallest absolute Gasteiger partial charge is 0.319 e. The van der Waals surface area contributed by atoms with Crippen molar-refractivity contribution in [3.8, 4) is 12.1 Å². The Bertz CT molecular complexity index is 1590. The maximum absolute atomic E-state index is 12.6. The molecular weight excluding hydrogens is 552 g/mol. The van der Waals surface area contributed by atoms with Crippen molar-refractivity contribution < 1.29 is 9.53 Å². The number of piperazine rings is 1. The van der Waals surface area contributed by atoms with Crippen LogP contribution >= 0.6 is 0 Å². The Labute approximate surface area is 260 Å². The zero-order valence-corrected chi connectivity index (χ0v) is 26.2. The molecule has 1 amide bonds. The number of hydrogen-bond donors (Lipinski definition) is 0. The van der Waals surface area contributed by atoms with Crippen molar-refractivity contribution in [2.24, 2.45) is 0 Å². The number of aromatic nitrogens is 2. The van der Waals surface area contributed by atoms with Gasteiger partial charge in [-0.1, -0.05) is 36.9 Å². The van der Waals surface area contributed by atoms with E-state index >= 15 is 0 Å².